The number of anilines is 1. The molecule has 1 aromatic heterocycles. The van der Waals surface area contributed by atoms with E-state index in [-0.39, 0.29) is 0 Å². The van der Waals surface area contributed by atoms with Crippen LogP contribution in [0.1, 0.15) is 17.5 Å². The van der Waals surface area contributed by atoms with Gasteiger partial charge in [0.1, 0.15) is 0 Å². The van der Waals surface area contributed by atoms with Gasteiger partial charge in [0.15, 0.2) is 5.11 Å². The number of benzene rings is 2. The third-order valence-corrected chi connectivity index (χ3v) is 5.42. The number of aromatic nitrogens is 2. The average Bonchev–Trinajstić information content (AvgIpc) is 3.19. The minimum absolute atomic E-state index is 0.634. The Balaban J connectivity index is 1.72. The standard InChI is InChI=1S/C21H22Cl2N4S/c1-16-7-8-18(22)13-20(16)25-21(28)27(11-4-10-26-12-9-24-15-26)14-17-5-2-3-6-19(17)23/h2-3,5-9,12-13,15H,4,10-11,14H2,1H3,(H,25,28). The second-order valence-corrected chi connectivity index (χ2v) is 7.79. The molecule has 0 spiro atoms. The molecule has 0 bridgehead atoms. The SMILES string of the molecule is Cc1ccc(Cl)cc1NC(=S)N(CCCn1ccnc1)Cc1ccccc1Cl. The summed E-state index contributed by atoms with van der Waals surface area (Å²) in [4.78, 5) is 6.22. The quantitative estimate of drug-likeness (QED) is 0.479. The number of imidazole rings is 1. The maximum atomic E-state index is 6.37. The van der Waals surface area contributed by atoms with E-state index in [4.69, 9.17) is 35.4 Å². The Morgan fingerprint density at radius 2 is 2.04 bits per heavy atom. The fraction of sp³-hybridized carbons (Fsp3) is 0.238. The van der Waals surface area contributed by atoms with Gasteiger partial charge in [0.25, 0.3) is 0 Å². The van der Waals surface area contributed by atoms with Crippen LogP contribution in [0.15, 0.2) is 61.2 Å². The van der Waals surface area contributed by atoms with Gasteiger partial charge in [-0.1, -0.05) is 47.5 Å². The summed E-state index contributed by atoms with van der Waals surface area (Å²) >= 11 is 18.2. The Morgan fingerprint density at radius 1 is 1.21 bits per heavy atom. The minimum atomic E-state index is 0.634. The number of nitrogens with one attached hydrogen (secondary N) is 1. The number of thiocarbonyl (C=S) groups is 1. The molecule has 4 nitrogen and oxygen atoms in total. The lowest BCUT2D eigenvalue weighted by atomic mass is 10.2. The molecule has 146 valence electrons. The van der Waals surface area contributed by atoms with Crippen LogP contribution in [-0.4, -0.2) is 26.1 Å². The van der Waals surface area contributed by atoms with Crippen molar-refractivity contribution in [2.24, 2.45) is 0 Å². The summed E-state index contributed by atoms with van der Waals surface area (Å²) in [5, 5.41) is 5.41. The van der Waals surface area contributed by atoms with Crippen LogP contribution in [0.2, 0.25) is 10.0 Å². The predicted octanol–water partition coefficient (Wildman–Crippen LogP) is 5.79. The maximum absolute atomic E-state index is 6.37. The van der Waals surface area contributed by atoms with Crippen molar-refractivity contribution in [2.75, 3.05) is 11.9 Å². The van der Waals surface area contributed by atoms with Gasteiger partial charge >= 0.3 is 0 Å². The van der Waals surface area contributed by atoms with Crippen LogP contribution in [0.25, 0.3) is 0 Å². The first-order valence-corrected chi connectivity index (χ1v) is 10.2. The van der Waals surface area contributed by atoms with Gasteiger partial charge in [-0.3, -0.25) is 0 Å². The molecule has 0 aliphatic carbocycles. The van der Waals surface area contributed by atoms with E-state index >= 15 is 0 Å². The molecule has 1 N–H and O–H groups in total. The number of nitrogens with zero attached hydrogens (tertiary/aromatic N) is 3. The van der Waals surface area contributed by atoms with Crippen LogP contribution in [0.3, 0.4) is 0 Å². The predicted molar refractivity (Wildman–Crippen MR) is 121 cm³/mol. The van der Waals surface area contributed by atoms with E-state index < -0.39 is 0 Å². The van der Waals surface area contributed by atoms with Crippen LogP contribution >= 0.6 is 35.4 Å². The highest BCUT2D eigenvalue weighted by molar-refractivity contribution is 7.80. The molecule has 0 fully saturated rings. The highest BCUT2D eigenvalue weighted by Gasteiger charge is 2.13. The second-order valence-electron chi connectivity index (χ2n) is 6.56. The van der Waals surface area contributed by atoms with Gasteiger partial charge in [-0.25, -0.2) is 4.98 Å². The van der Waals surface area contributed by atoms with E-state index in [1.54, 1.807) is 6.20 Å². The molecule has 0 atom stereocenters. The number of aryl methyl sites for hydroxylation is 2. The van der Waals surface area contributed by atoms with Gasteiger partial charge in [-0.2, -0.15) is 0 Å². The van der Waals surface area contributed by atoms with E-state index in [0.717, 1.165) is 41.3 Å². The maximum Gasteiger partial charge on any atom is 0.173 e. The zero-order valence-corrected chi connectivity index (χ0v) is 17.9. The minimum Gasteiger partial charge on any atom is -0.345 e. The molecule has 1 heterocycles. The first-order chi connectivity index (χ1) is 13.5. The lowest BCUT2D eigenvalue weighted by Gasteiger charge is -2.27. The average molecular weight is 433 g/mol. The summed E-state index contributed by atoms with van der Waals surface area (Å²) in [6.45, 7) is 4.32. The molecule has 3 aromatic rings. The third kappa shape index (κ3) is 5.71. The van der Waals surface area contributed by atoms with Crippen molar-refractivity contribution < 1.29 is 0 Å². The molecule has 0 radical (unpaired) electrons. The Labute approximate surface area is 181 Å². The van der Waals surface area contributed by atoms with Gasteiger partial charge in [0.05, 0.1) is 6.33 Å². The van der Waals surface area contributed by atoms with Crippen LogP contribution in [0.5, 0.6) is 0 Å². The molecule has 28 heavy (non-hydrogen) atoms. The number of hydrogen-bond acceptors (Lipinski definition) is 2. The van der Waals surface area contributed by atoms with Crippen LogP contribution in [-0.2, 0) is 13.1 Å². The molecule has 0 aliphatic heterocycles. The molecule has 0 unspecified atom stereocenters. The zero-order valence-electron chi connectivity index (χ0n) is 15.6. The van der Waals surface area contributed by atoms with Crippen molar-refractivity contribution in [3.05, 3.63) is 82.4 Å². The summed E-state index contributed by atoms with van der Waals surface area (Å²) in [5.74, 6) is 0. The summed E-state index contributed by atoms with van der Waals surface area (Å²) in [7, 11) is 0. The first kappa shape index (κ1) is 20.6. The summed E-state index contributed by atoms with van der Waals surface area (Å²) in [6, 6.07) is 13.6. The molecule has 0 saturated carbocycles. The lowest BCUT2D eigenvalue weighted by Crippen LogP contribution is -2.35. The monoisotopic (exact) mass is 432 g/mol. The second kappa shape index (κ2) is 9.92. The van der Waals surface area contributed by atoms with Crippen molar-refractivity contribution in [3.63, 3.8) is 0 Å². The molecule has 0 amide bonds. The van der Waals surface area contributed by atoms with Gasteiger partial charge in [-0.15, -0.1) is 0 Å². The fourth-order valence-corrected chi connectivity index (χ4v) is 3.50. The van der Waals surface area contributed by atoms with E-state index in [0.29, 0.717) is 16.7 Å². The molecule has 0 saturated heterocycles. The van der Waals surface area contributed by atoms with Crippen LogP contribution in [0, 0.1) is 6.92 Å². The van der Waals surface area contributed by atoms with Gasteiger partial charge < -0.3 is 14.8 Å². The Kier molecular flexibility index (Phi) is 7.31. The molecule has 7 heteroatoms. The Bertz CT molecular complexity index is 928. The topological polar surface area (TPSA) is 33.1 Å². The van der Waals surface area contributed by atoms with Gasteiger partial charge in [-0.05, 0) is 54.9 Å². The molecule has 3 rings (SSSR count). The lowest BCUT2D eigenvalue weighted by molar-refractivity contribution is 0.396. The van der Waals surface area contributed by atoms with Gasteiger partial charge in [0.2, 0.25) is 0 Å². The molecular formula is C21H22Cl2N4S. The van der Waals surface area contributed by atoms with Gasteiger partial charge in [0, 0.05) is 47.8 Å². The summed E-state index contributed by atoms with van der Waals surface area (Å²) < 4.78 is 2.06. The van der Waals surface area contributed by atoms with E-state index in [2.05, 4.69) is 19.8 Å². The molecular weight excluding hydrogens is 411 g/mol. The van der Waals surface area contributed by atoms with Crippen molar-refractivity contribution in [1.82, 2.24) is 14.5 Å². The number of halogens is 2. The van der Waals surface area contributed by atoms with Crippen molar-refractivity contribution in [3.8, 4) is 0 Å². The van der Waals surface area contributed by atoms with Crippen molar-refractivity contribution in [1.29, 1.82) is 0 Å². The smallest absolute Gasteiger partial charge is 0.173 e. The highest BCUT2D eigenvalue weighted by atomic mass is 35.5. The summed E-state index contributed by atoms with van der Waals surface area (Å²) in [5.41, 5.74) is 3.04. The largest absolute Gasteiger partial charge is 0.345 e. The third-order valence-electron chi connectivity index (χ3n) is 4.45. The van der Waals surface area contributed by atoms with E-state index in [1.165, 1.54) is 0 Å². The zero-order chi connectivity index (χ0) is 19.9. The molecule has 2 aromatic carbocycles. The van der Waals surface area contributed by atoms with Crippen LogP contribution < -0.4 is 5.32 Å². The van der Waals surface area contributed by atoms with Crippen molar-refractivity contribution in [2.45, 2.75) is 26.4 Å². The first-order valence-electron chi connectivity index (χ1n) is 9.04. The Morgan fingerprint density at radius 3 is 2.79 bits per heavy atom. The Hall–Kier alpha value is -2.08. The van der Waals surface area contributed by atoms with E-state index in [9.17, 15) is 0 Å². The number of rotatable bonds is 7. The summed E-state index contributed by atoms with van der Waals surface area (Å²) in [6.07, 6.45) is 6.50. The fourth-order valence-electron chi connectivity index (χ4n) is 2.87. The number of hydrogen-bond donors (Lipinski definition) is 1. The van der Waals surface area contributed by atoms with Crippen LogP contribution in [0.4, 0.5) is 5.69 Å². The van der Waals surface area contributed by atoms with Crippen molar-refractivity contribution >= 4 is 46.2 Å². The normalized spacial score (nSPS) is 10.7. The molecule has 0 aliphatic rings. The highest BCUT2D eigenvalue weighted by Crippen LogP contribution is 2.22. The van der Waals surface area contributed by atoms with E-state index in [1.807, 2.05) is 61.9 Å².